The number of amides is 2. The van der Waals surface area contributed by atoms with Gasteiger partial charge in [0.25, 0.3) is 0 Å². The monoisotopic (exact) mass is 312 g/mol. The second-order valence-electron chi connectivity index (χ2n) is 6.09. The van der Waals surface area contributed by atoms with E-state index < -0.39 is 12.1 Å². The van der Waals surface area contributed by atoms with Gasteiger partial charge in [-0.05, 0) is 25.7 Å². The van der Waals surface area contributed by atoms with Crippen LogP contribution in [0.4, 0.5) is 4.79 Å². The van der Waals surface area contributed by atoms with Gasteiger partial charge in [0.15, 0.2) is 0 Å². The first-order valence-corrected chi connectivity index (χ1v) is 8.95. The maximum Gasteiger partial charge on any atom is 0.407 e. The van der Waals surface area contributed by atoms with E-state index in [1.807, 2.05) is 0 Å². The molecule has 2 N–H and O–H groups in total. The molecule has 0 saturated carbocycles. The van der Waals surface area contributed by atoms with Crippen LogP contribution in [0.25, 0.3) is 0 Å². The molecule has 1 atom stereocenters. The van der Waals surface area contributed by atoms with Gasteiger partial charge in [-0.25, -0.2) is 4.79 Å². The van der Waals surface area contributed by atoms with Crippen LogP contribution >= 0.6 is 0 Å². The lowest BCUT2D eigenvalue weighted by Crippen LogP contribution is -2.45. The summed E-state index contributed by atoms with van der Waals surface area (Å²) in [5.41, 5.74) is 0. The summed E-state index contributed by atoms with van der Waals surface area (Å²) < 4.78 is 5.15. The van der Waals surface area contributed by atoms with Crippen LogP contribution in [-0.2, 0) is 9.53 Å². The predicted molar refractivity (Wildman–Crippen MR) is 87.7 cm³/mol. The molecule has 2 amide bonds. The summed E-state index contributed by atoms with van der Waals surface area (Å²) in [6.07, 6.45) is 11.9. The lowest BCUT2D eigenvalue weighted by atomic mass is 10.1. The van der Waals surface area contributed by atoms with Crippen molar-refractivity contribution in [1.82, 2.24) is 10.6 Å². The molecule has 0 aliphatic carbocycles. The Morgan fingerprint density at radius 1 is 1.14 bits per heavy atom. The van der Waals surface area contributed by atoms with Crippen molar-refractivity contribution in [2.75, 3.05) is 13.2 Å². The molecule has 1 heterocycles. The summed E-state index contributed by atoms with van der Waals surface area (Å²) in [6, 6.07) is -0.437. The van der Waals surface area contributed by atoms with Crippen LogP contribution in [-0.4, -0.2) is 31.2 Å². The van der Waals surface area contributed by atoms with E-state index in [9.17, 15) is 9.59 Å². The highest BCUT2D eigenvalue weighted by Gasteiger charge is 2.22. The molecule has 22 heavy (non-hydrogen) atoms. The number of alkyl carbamates (subject to hydrolysis) is 1. The van der Waals surface area contributed by atoms with Gasteiger partial charge in [-0.15, -0.1) is 0 Å². The van der Waals surface area contributed by atoms with Crippen molar-refractivity contribution in [2.24, 2.45) is 0 Å². The molecule has 0 aromatic heterocycles. The lowest BCUT2D eigenvalue weighted by molar-refractivity contribution is -0.122. The molecule has 5 nitrogen and oxygen atoms in total. The SMILES string of the molecule is CCCCCCCCCCOC(=O)N[C@H]1CCCCNC1=O. The van der Waals surface area contributed by atoms with Gasteiger partial charge in [-0.3, -0.25) is 4.79 Å². The zero-order valence-electron chi connectivity index (χ0n) is 14.0. The zero-order chi connectivity index (χ0) is 16.0. The molecule has 1 saturated heterocycles. The van der Waals surface area contributed by atoms with E-state index in [1.165, 1.54) is 38.5 Å². The Balaban J connectivity index is 1.98. The number of hydrogen-bond acceptors (Lipinski definition) is 3. The van der Waals surface area contributed by atoms with Crippen LogP contribution in [0.2, 0.25) is 0 Å². The number of hydrogen-bond donors (Lipinski definition) is 2. The zero-order valence-corrected chi connectivity index (χ0v) is 14.0. The van der Waals surface area contributed by atoms with Gasteiger partial charge >= 0.3 is 6.09 Å². The molecule has 0 radical (unpaired) electrons. The Hall–Kier alpha value is -1.26. The third kappa shape index (κ3) is 8.90. The molecule has 5 heteroatoms. The molecular weight excluding hydrogens is 280 g/mol. The minimum absolute atomic E-state index is 0.0958. The fraction of sp³-hybridized carbons (Fsp3) is 0.882. The van der Waals surface area contributed by atoms with E-state index in [4.69, 9.17) is 4.74 Å². The van der Waals surface area contributed by atoms with Crippen molar-refractivity contribution in [2.45, 2.75) is 83.6 Å². The first-order chi connectivity index (χ1) is 10.7. The second kappa shape index (κ2) is 12.3. The normalized spacial score (nSPS) is 18.4. The average Bonchev–Trinajstić information content (AvgIpc) is 2.71. The van der Waals surface area contributed by atoms with Crippen LogP contribution in [0.1, 0.15) is 77.6 Å². The summed E-state index contributed by atoms with van der Waals surface area (Å²) in [4.78, 5) is 23.4. The van der Waals surface area contributed by atoms with E-state index in [-0.39, 0.29) is 5.91 Å². The Kier molecular flexibility index (Phi) is 10.5. The van der Waals surface area contributed by atoms with Gasteiger partial charge in [-0.1, -0.05) is 51.9 Å². The Morgan fingerprint density at radius 2 is 1.82 bits per heavy atom. The third-order valence-electron chi connectivity index (χ3n) is 4.06. The van der Waals surface area contributed by atoms with E-state index in [1.54, 1.807) is 0 Å². The maximum atomic E-state index is 11.7. The quantitative estimate of drug-likeness (QED) is 0.606. The van der Waals surface area contributed by atoms with Crippen LogP contribution in [0.5, 0.6) is 0 Å². The van der Waals surface area contributed by atoms with Gasteiger partial charge < -0.3 is 15.4 Å². The summed E-state index contributed by atoms with van der Waals surface area (Å²) in [5, 5.41) is 5.46. The maximum absolute atomic E-state index is 11.7. The van der Waals surface area contributed by atoms with Crippen LogP contribution < -0.4 is 10.6 Å². The smallest absolute Gasteiger partial charge is 0.407 e. The van der Waals surface area contributed by atoms with Gasteiger partial charge in [-0.2, -0.15) is 0 Å². The van der Waals surface area contributed by atoms with Crippen LogP contribution in [0.15, 0.2) is 0 Å². The van der Waals surface area contributed by atoms with Gasteiger partial charge in [0, 0.05) is 6.54 Å². The van der Waals surface area contributed by atoms with Gasteiger partial charge in [0.2, 0.25) is 5.91 Å². The third-order valence-corrected chi connectivity index (χ3v) is 4.06. The molecule has 0 aromatic rings. The van der Waals surface area contributed by atoms with E-state index in [0.717, 1.165) is 25.7 Å². The number of carbonyl (C=O) groups is 2. The highest BCUT2D eigenvalue weighted by molar-refractivity contribution is 5.85. The van der Waals surface area contributed by atoms with Crippen LogP contribution in [0.3, 0.4) is 0 Å². The molecule has 128 valence electrons. The summed E-state index contributed by atoms with van der Waals surface area (Å²) in [7, 11) is 0. The van der Waals surface area contributed by atoms with Crippen molar-refractivity contribution in [1.29, 1.82) is 0 Å². The first-order valence-electron chi connectivity index (χ1n) is 8.95. The van der Waals surface area contributed by atoms with Crippen molar-refractivity contribution in [3.8, 4) is 0 Å². The number of ether oxygens (including phenoxy) is 1. The molecule has 0 bridgehead atoms. The highest BCUT2D eigenvalue weighted by Crippen LogP contribution is 2.09. The number of rotatable bonds is 10. The Morgan fingerprint density at radius 3 is 2.55 bits per heavy atom. The first kappa shape index (κ1) is 18.8. The molecule has 1 rings (SSSR count). The number of carbonyl (C=O) groups excluding carboxylic acids is 2. The molecule has 0 aromatic carbocycles. The molecule has 1 aliphatic rings. The summed E-state index contributed by atoms with van der Waals surface area (Å²) >= 11 is 0. The molecule has 1 fully saturated rings. The topological polar surface area (TPSA) is 67.4 Å². The largest absolute Gasteiger partial charge is 0.450 e. The fourth-order valence-electron chi connectivity index (χ4n) is 2.66. The van der Waals surface area contributed by atoms with Crippen molar-refractivity contribution in [3.63, 3.8) is 0 Å². The standard InChI is InChI=1S/C17H32N2O3/c1-2-3-4-5-6-7-8-11-14-22-17(21)19-15-12-9-10-13-18-16(15)20/h15H,2-14H2,1H3,(H,18,20)(H,19,21)/t15-/m0/s1. The molecular formula is C17H32N2O3. The molecule has 0 spiro atoms. The summed E-state index contributed by atoms with van der Waals surface area (Å²) in [6.45, 7) is 3.36. The average molecular weight is 312 g/mol. The lowest BCUT2D eigenvalue weighted by Gasteiger charge is -2.15. The van der Waals surface area contributed by atoms with E-state index in [0.29, 0.717) is 19.6 Å². The van der Waals surface area contributed by atoms with Gasteiger partial charge in [0.1, 0.15) is 6.04 Å². The minimum atomic E-state index is -0.468. The van der Waals surface area contributed by atoms with Gasteiger partial charge in [0.05, 0.1) is 6.61 Å². The van der Waals surface area contributed by atoms with Crippen molar-refractivity contribution < 1.29 is 14.3 Å². The second-order valence-corrected chi connectivity index (χ2v) is 6.09. The molecule has 1 aliphatic heterocycles. The van der Waals surface area contributed by atoms with Crippen molar-refractivity contribution in [3.05, 3.63) is 0 Å². The van der Waals surface area contributed by atoms with E-state index in [2.05, 4.69) is 17.6 Å². The predicted octanol–water partition coefficient (Wildman–Crippen LogP) is 3.52. The highest BCUT2D eigenvalue weighted by atomic mass is 16.5. The Bertz CT molecular complexity index is 321. The van der Waals surface area contributed by atoms with E-state index >= 15 is 0 Å². The minimum Gasteiger partial charge on any atom is -0.450 e. The molecule has 0 unspecified atom stereocenters. The van der Waals surface area contributed by atoms with Crippen molar-refractivity contribution >= 4 is 12.0 Å². The number of nitrogens with one attached hydrogen (secondary N) is 2. The fourth-order valence-corrected chi connectivity index (χ4v) is 2.66. The van der Waals surface area contributed by atoms with Crippen LogP contribution in [0, 0.1) is 0 Å². The number of unbranched alkanes of at least 4 members (excludes halogenated alkanes) is 7. The Labute approximate surface area is 134 Å². The summed E-state index contributed by atoms with van der Waals surface area (Å²) in [5.74, 6) is -0.0958.